The molecule has 0 bridgehead atoms. The molecule has 1 N–H and O–H groups in total. The highest BCUT2D eigenvalue weighted by Gasteiger charge is 2.19. The van der Waals surface area contributed by atoms with Crippen LogP contribution in [0.25, 0.3) is 0 Å². The van der Waals surface area contributed by atoms with Crippen LogP contribution in [0.2, 0.25) is 0 Å². The maximum absolute atomic E-state index is 13.9. The van der Waals surface area contributed by atoms with Gasteiger partial charge in [-0.25, -0.2) is 8.78 Å². The summed E-state index contributed by atoms with van der Waals surface area (Å²) in [5.74, 6) is -1.14. The Hall–Kier alpha value is -0.780. The highest BCUT2D eigenvalue weighted by atomic mass is 79.9. The number of rotatable bonds is 3. The van der Waals surface area contributed by atoms with Crippen LogP contribution >= 0.6 is 31.9 Å². The fourth-order valence-electron chi connectivity index (χ4n) is 1.95. The van der Waals surface area contributed by atoms with Gasteiger partial charge in [0.05, 0.1) is 6.04 Å². The fourth-order valence-corrected chi connectivity index (χ4v) is 3.23. The van der Waals surface area contributed by atoms with E-state index in [9.17, 15) is 8.78 Å². The predicted octanol–water partition coefficient (Wildman–Crippen LogP) is 4.80. The Balaban J connectivity index is 2.50. The van der Waals surface area contributed by atoms with Crippen LogP contribution in [0.1, 0.15) is 17.2 Å². The fraction of sp³-hybridized carbons (Fsp3) is 0.143. The van der Waals surface area contributed by atoms with Gasteiger partial charge in [-0.15, -0.1) is 0 Å². The summed E-state index contributed by atoms with van der Waals surface area (Å²) < 4.78 is 28.6. The van der Waals surface area contributed by atoms with Gasteiger partial charge in [0.1, 0.15) is 11.6 Å². The maximum atomic E-state index is 13.9. The first-order valence-corrected chi connectivity index (χ1v) is 7.18. The van der Waals surface area contributed by atoms with Crippen molar-refractivity contribution in [1.29, 1.82) is 0 Å². The molecule has 0 radical (unpaired) electrons. The molecule has 2 aromatic rings. The Morgan fingerprint density at radius 1 is 1.00 bits per heavy atom. The summed E-state index contributed by atoms with van der Waals surface area (Å²) in [6.45, 7) is 0. The minimum Gasteiger partial charge on any atom is -0.309 e. The minimum atomic E-state index is -0.578. The molecule has 0 aliphatic carbocycles. The molecule has 0 saturated carbocycles. The molecule has 0 saturated heterocycles. The van der Waals surface area contributed by atoms with Crippen molar-refractivity contribution in [2.24, 2.45) is 0 Å². The SMILES string of the molecule is CNC(c1ccc(F)cc1F)c1ccc(Br)cc1Br. The third-order valence-corrected chi connectivity index (χ3v) is 4.02. The monoisotopic (exact) mass is 389 g/mol. The third kappa shape index (κ3) is 3.22. The molecule has 1 nitrogen and oxygen atoms in total. The number of halogens is 4. The summed E-state index contributed by atoms with van der Waals surface area (Å²) in [5.41, 5.74) is 1.29. The predicted molar refractivity (Wildman–Crippen MR) is 79.1 cm³/mol. The van der Waals surface area contributed by atoms with Gasteiger partial charge in [-0.2, -0.15) is 0 Å². The van der Waals surface area contributed by atoms with Gasteiger partial charge < -0.3 is 5.32 Å². The first kappa shape index (κ1) is 14.6. The summed E-state index contributed by atoms with van der Waals surface area (Å²) >= 11 is 6.83. The molecule has 0 aliphatic rings. The number of hydrogen-bond acceptors (Lipinski definition) is 1. The summed E-state index contributed by atoms with van der Waals surface area (Å²) in [6, 6.07) is 8.93. The van der Waals surface area contributed by atoms with E-state index < -0.39 is 11.6 Å². The maximum Gasteiger partial charge on any atom is 0.131 e. The van der Waals surface area contributed by atoms with E-state index in [4.69, 9.17) is 0 Å². The topological polar surface area (TPSA) is 12.0 Å². The minimum absolute atomic E-state index is 0.344. The van der Waals surface area contributed by atoms with Crippen molar-refractivity contribution in [2.75, 3.05) is 7.05 Å². The molecule has 2 aromatic carbocycles. The van der Waals surface area contributed by atoms with E-state index in [1.165, 1.54) is 12.1 Å². The van der Waals surface area contributed by atoms with Crippen molar-refractivity contribution in [3.8, 4) is 0 Å². The van der Waals surface area contributed by atoms with E-state index in [-0.39, 0.29) is 6.04 Å². The third-order valence-electron chi connectivity index (χ3n) is 2.84. The van der Waals surface area contributed by atoms with Gasteiger partial charge in [-0.05, 0) is 30.8 Å². The molecule has 0 aromatic heterocycles. The van der Waals surface area contributed by atoms with Crippen LogP contribution < -0.4 is 5.32 Å². The molecule has 19 heavy (non-hydrogen) atoms. The van der Waals surface area contributed by atoms with Gasteiger partial charge in [-0.1, -0.05) is 44.0 Å². The lowest BCUT2D eigenvalue weighted by Crippen LogP contribution is -2.19. The van der Waals surface area contributed by atoms with Crippen LogP contribution in [0.3, 0.4) is 0 Å². The highest BCUT2D eigenvalue weighted by molar-refractivity contribution is 9.11. The van der Waals surface area contributed by atoms with E-state index >= 15 is 0 Å². The van der Waals surface area contributed by atoms with Gasteiger partial charge in [0, 0.05) is 20.6 Å². The highest BCUT2D eigenvalue weighted by Crippen LogP contribution is 2.31. The first-order valence-electron chi connectivity index (χ1n) is 5.60. The molecule has 0 amide bonds. The van der Waals surface area contributed by atoms with Crippen molar-refractivity contribution in [3.05, 3.63) is 68.1 Å². The molecule has 0 spiro atoms. The second-order valence-corrected chi connectivity index (χ2v) is 5.82. The second-order valence-electron chi connectivity index (χ2n) is 4.05. The molecule has 0 aliphatic heterocycles. The Bertz CT molecular complexity index is 550. The van der Waals surface area contributed by atoms with Crippen molar-refractivity contribution < 1.29 is 8.78 Å². The van der Waals surface area contributed by atoms with Gasteiger partial charge in [-0.3, -0.25) is 0 Å². The summed E-state index contributed by atoms with van der Waals surface area (Å²) in [5, 5.41) is 3.05. The zero-order valence-electron chi connectivity index (χ0n) is 10.1. The van der Waals surface area contributed by atoms with Crippen LogP contribution in [-0.2, 0) is 0 Å². The lowest BCUT2D eigenvalue weighted by Gasteiger charge is -2.19. The average molecular weight is 391 g/mol. The Morgan fingerprint density at radius 3 is 2.26 bits per heavy atom. The Kier molecular flexibility index (Phi) is 4.71. The lowest BCUT2D eigenvalue weighted by molar-refractivity contribution is 0.551. The zero-order chi connectivity index (χ0) is 14.0. The second kappa shape index (κ2) is 6.11. The van der Waals surface area contributed by atoms with Crippen molar-refractivity contribution in [1.82, 2.24) is 5.32 Å². The standard InChI is InChI=1S/C14H11Br2F2N/c1-19-14(10-4-2-8(15)6-12(10)16)11-5-3-9(17)7-13(11)18/h2-7,14,19H,1H3. The molecule has 1 atom stereocenters. The normalized spacial score (nSPS) is 12.5. The van der Waals surface area contributed by atoms with Crippen molar-refractivity contribution in [3.63, 3.8) is 0 Å². The molecular formula is C14H11Br2F2N. The van der Waals surface area contributed by atoms with Crippen LogP contribution in [0.4, 0.5) is 8.78 Å². The lowest BCUT2D eigenvalue weighted by atomic mass is 9.98. The number of nitrogens with one attached hydrogen (secondary N) is 1. The molecule has 2 rings (SSSR count). The smallest absolute Gasteiger partial charge is 0.131 e. The quantitative estimate of drug-likeness (QED) is 0.793. The van der Waals surface area contributed by atoms with E-state index in [0.29, 0.717) is 5.56 Å². The van der Waals surface area contributed by atoms with Crippen molar-refractivity contribution in [2.45, 2.75) is 6.04 Å². The van der Waals surface area contributed by atoms with Crippen molar-refractivity contribution >= 4 is 31.9 Å². The van der Waals surface area contributed by atoms with Gasteiger partial charge in [0.2, 0.25) is 0 Å². The van der Waals surface area contributed by atoms with Crippen LogP contribution in [0.15, 0.2) is 45.3 Å². The van der Waals surface area contributed by atoms with Gasteiger partial charge in [0.25, 0.3) is 0 Å². The summed E-state index contributed by atoms with van der Waals surface area (Å²) in [6.07, 6.45) is 0. The van der Waals surface area contributed by atoms with Crippen LogP contribution in [-0.4, -0.2) is 7.05 Å². The first-order chi connectivity index (χ1) is 9.02. The summed E-state index contributed by atoms with van der Waals surface area (Å²) in [7, 11) is 1.74. The average Bonchev–Trinajstić information content (AvgIpc) is 2.34. The Morgan fingerprint density at radius 2 is 1.68 bits per heavy atom. The van der Waals surface area contributed by atoms with Gasteiger partial charge >= 0.3 is 0 Å². The van der Waals surface area contributed by atoms with E-state index in [2.05, 4.69) is 37.2 Å². The van der Waals surface area contributed by atoms with E-state index in [1.54, 1.807) is 7.05 Å². The molecule has 0 fully saturated rings. The molecule has 5 heteroatoms. The Labute approximate surface area is 127 Å². The number of benzene rings is 2. The molecular weight excluding hydrogens is 380 g/mol. The molecule has 100 valence electrons. The largest absolute Gasteiger partial charge is 0.309 e. The van der Waals surface area contributed by atoms with Crippen LogP contribution in [0, 0.1) is 11.6 Å². The van der Waals surface area contributed by atoms with E-state index in [1.807, 2.05) is 18.2 Å². The molecule has 1 unspecified atom stereocenters. The summed E-state index contributed by atoms with van der Waals surface area (Å²) in [4.78, 5) is 0. The van der Waals surface area contributed by atoms with Crippen LogP contribution in [0.5, 0.6) is 0 Å². The van der Waals surface area contributed by atoms with Gasteiger partial charge in [0.15, 0.2) is 0 Å². The zero-order valence-corrected chi connectivity index (χ0v) is 13.2. The van der Waals surface area contributed by atoms with E-state index in [0.717, 1.165) is 20.6 Å². The number of hydrogen-bond donors (Lipinski definition) is 1. The molecule has 0 heterocycles.